The van der Waals surface area contributed by atoms with E-state index in [0.29, 0.717) is 18.0 Å². The minimum absolute atomic E-state index is 0. The molecule has 4 nitrogen and oxygen atoms in total. The first kappa shape index (κ1) is 20.2. The summed E-state index contributed by atoms with van der Waals surface area (Å²) in [6, 6.07) is 10.2. The van der Waals surface area contributed by atoms with Gasteiger partial charge in [0.2, 0.25) is 0 Å². The van der Waals surface area contributed by atoms with E-state index in [0.717, 1.165) is 30.0 Å². The highest BCUT2D eigenvalue weighted by molar-refractivity contribution is 14.0. The fourth-order valence-corrected chi connectivity index (χ4v) is 4.17. The summed E-state index contributed by atoms with van der Waals surface area (Å²) in [6.45, 7) is 5.37. The Bertz CT molecular complexity index is 626. The summed E-state index contributed by atoms with van der Waals surface area (Å²) < 4.78 is 0. The van der Waals surface area contributed by atoms with E-state index in [1.54, 1.807) is 0 Å². The molecule has 2 aliphatic carbocycles. The summed E-state index contributed by atoms with van der Waals surface area (Å²) in [4.78, 5) is 7.33. The highest BCUT2D eigenvalue weighted by Crippen LogP contribution is 2.41. The Morgan fingerprint density at radius 2 is 1.96 bits per heavy atom. The van der Waals surface area contributed by atoms with E-state index in [1.165, 1.54) is 44.3 Å². The van der Waals surface area contributed by atoms with Crippen LogP contribution in [-0.4, -0.2) is 48.6 Å². The summed E-state index contributed by atoms with van der Waals surface area (Å²) in [6.07, 6.45) is 6.43. The van der Waals surface area contributed by atoms with Crippen LogP contribution in [-0.2, 0) is 0 Å². The van der Waals surface area contributed by atoms with Crippen LogP contribution < -0.4 is 10.6 Å². The standard InChI is InChI=1S/C20H29ClN4.HI/c1-2-22-20(23-16-8-10-25(11-9-16)17-6-7-17)24-19-13-18(19)14-4-3-5-15(21)12-14;/h3-5,12,16-19H,2,6-11,13H2,1H3,(H2,22,23,24);1H. The average Bonchev–Trinajstić information content (AvgIpc) is 3.51. The second kappa shape index (κ2) is 9.11. The molecule has 1 aromatic rings. The van der Waals surface area contributed by atoms with Gasteiger partial charge in [0.1, 0.15) is 0 Å². The molecule has 4 rings (SSSR count). The van der Waals surface area contributed by atoms with Gasteiger partial charge < -0.3 is 15.5 Å². The molecular formula is C20H30ClIN4. The lowest BCUT2D eigenvalue weighted by Gasteiger charge is -2.33. The van der Waals surface area contributed by atoms with Crippen molar-refractivity contribution in [3.63, 3.8) is 0 Å². The zero-order valence-corrected chi connectivity index (χ0v) is 18.5. The summed E-state index contributed by atoms with van der Waals surface area (Å²) in [5.74, 6) is 1.54. The second-order valence-corrected chi connectivity index (χ2v) is 8.09. The highest BCUT2D eigenvalue weighted by Gasteiger charge is 2.39. The first-order valence-electron chi connectivity index (χ1n) is 9.80. The number of piperidine rings is 1. The Labute approximate surface area is 179 Å². The predicted molar refractivity (Wildman–Crippen MR) is 120 cm³/mol. The van der Waals surface area contributed by atoms with Gasteiger partial charge in [-0.15, -0.1) is 24.0 Å². The Morgan fingerprint density at radius 1 is 1.19 bits per heavy atom. The number of halogens is 2. The van der Waals surface area contributed by atoms with Gasteiger partial charge in [-0.3, -0.25) is 4.99 Å². The lowest BCUT2D eigenvalue weighted by Crippen LogP contribution is -2.49. The molecule has 3 aliphatic rings. The Hall–Kier alpha value is -0.530. The van der Waals surface area contributed by atoms with Crippen LogP contribution in [0, 0.1) is 0 Å². The van der Waals surface area contributed by atoms with Crippen molar-refractivity contribution in [1.29, 1.82) is 0 Å². The average molecular weight is 489 g/mol. The van der Waals surface area contributed by atoms with Crippen molar-refractivity contribution in [2.45, 2.75) is 63.1 Å². The van der Waals surface area contributed by atoms with Crippen molar-refractivity contribution in [2.75, 3.05) is 19.6 Å². The summed E-state index contributed by atoms with van der Waals surface area (Å²) in [5, 5.41) is 8.14. The molecule has 1 aliphatic heterocycles. The molecule has 6 heteroatoms. The minimum Gasteiger partial charge on any atom is -0.354 e. The quantitative estimate of drug-likeness (QED) is 0.374. The van der Waals surface area contributed by atoms with E-state index in [4.69, 9.17) is 11.6 Å². The van der Waals surface area contributed by atoms with Crippen LogP contribution in [0.3, 0.4) is 0 Å². The maximum Gasteiger partial charge on any atom is 0.191 e. The topological polar surface area (TPSA) is 39.7 Å². The second-order valence-electron chi connectivity index (χ2n) is 7.66. The van der Waals surface area contributed by atoms with E-state index in [-0.39, 0.29) is 24.0 Å². The lowest BCUT2D eigenvalue weighted by molar-refractivity contribution is 0.197. The Morgan fingerprint density at radius 3 is 2.62 bits per heavy atom. The third-order valence-corrected chi connectivity index (χ3v) is 5.87. The van der Waals surface area contributed by atoms with Crippen molar-refractivity contribution >= 4 is 41.5 Å². The van der Waals surface area contributed by atoms with Gasteiger partial charge in [-0.05, 0) is 56.7 Å². The van der Waals surface area contributed by atoms with Gasteiger partial charge >= 0.3 is 0 Å². The van der Waals surface area contributed by atoms with Gasteiger partial charge in [0.15, 0.2) is 5.96 Å². The van der Waals surface area contributed by atoms with Crippen LogP contribution in [0.1, 0.15) is 50.5 Å². The van der Waals surface area contributed by atoms with Gasteiger partial charge in [0.25, 0.3) is 0 Å². The normalized spacial score (nSPS) is 26.9. The molecule has 2 unspecified atom stereocenters. The first-order valence-corrected chi connectivity index (χ1v) is 10.2. The van der Waals surface area contributed by atoms with E-state index in [2.05, 4.69) is 39.6 Å². The third-order valence-electron chi connectivity index (χ3n) is 5.64. The third kappa shape index (κ3) is 5.26. The van der Waals surface area contributed by atoms with Crippen molar-refractivity contribution in [1.82, 2.24) is 15.5 Å². The van der Waals surface area contributed by atoms with Crippen LogP contribution in [0.2, 0.25) is 5.02 Å². The molecule has 3 fully saturated rings. The van der Waals surface area contributed by atoms with Crippen LogP contribution in [0.25, 0.3) is 0 Å². The zero-order chi connectivity index (χ0) is 17.2. The van der Waals surface area contributed by atoms with Crippen LogP contribution >= 0.6 is 35.6 Å². The molecule has 144 valence electrons. The summed E-state index contributed by atoms with van der Waals surface area (Å²) >= 11 is 6.13. The number of hydrogen-bond acceptors (Lipinski definition) is 2. The largest absolute Gasteiger partial charge is 0.354 e. The van der Waals surface area contributed by atoms with Gasteiger partial charge in [0, 0.05) is 48.7 Å². The maximum absolute atomic E-state index is 6.13. The van der Waals surface area contributed by atoms with Crippen LogP contribution in [0.4, 0.5) is 0 Å². The molecule has 0 aromatic heterocycles. The minimum atomic E-state index is 0. The first-order chi connectivity index (χ1) is 12.2. The summed E-state index contributed by atoms with van der Waals surface area (Å²) in [5.41, 5.74) is 1.33. The van der Waals surface area contributed by atoms with Gasteiger partial charge in [-0.1, -0.05) is 23.7 Å². The smallest absolute Gasteiger partial charge is 0.191 e. The fourth-order valence-electron chi connectivity index (χ4n) is 3.97. The molecule has 1 aromatic carbocycles. The number of likely N-dealkylation sites (tertiary alicyclic amines) is 1. The highest BCUT2D eigenvalue weighted by atomic mass is 127. The van der Waals surface area contributed by atoms with Gasteiger partial charge in [-0.25, -0.2) is 0 Å². The Balaban J connectivity index is 0.00000196. The van der Waals surface area contributed by atoms with E-state index < -0.39 is 0 Å². The number of nitrogens with one attached hydrogen (secondary N) is 2. The van der Waals surface area contributed by atoms with Crippen molar-refractivity contribution in [3.8, 4) is 0 Å². The van der Waals surface area contributed by atoms with Crippen molar-refractivity contribution in [3.05, 3.63) is 34.9 Å². The number of hydrogen-bond donors (Lipinski definition) is 2. The van der Waals surface area contributed by atoms with Crippen LogP contribution in [0.5, 0.6) is 0 Å². The van der Waals surface area contributed by atoms with Gasteiger partial charge in [0.05, 0.1) is 0 Å². The van der Waals surface area contributed by atoms with Gasteiger partial charge in [-0.2, -0.15) is 0 Å². The molecule has 0 amide bonds. The molecule has 2 atom stereocenters. The SMILES string of the molecule is CCN=C(NC1CCN(C2CC2)CC1)NC1CC1c1cccc(Cl)c1.I. The van der Waals surface area contributed by atoms with Crippen molar-refractivity contribution in [2.24, 2.45) is 4.99 Å². The van der Waals surface area contributed by atoms with E-state index in [9.17, 15) is 0 Å². The predicted octanol–water partition coefficient (Wildman–Crippen LogP) is 4.00. The number of benzene rings is 1. The number of guanidine groups is 1. The summed E-state index contributed by atoms with van der Waals surface area (Å²) in [7, 11) is 0. The molecule has 1 heterocycles. The fraction of sp³-hybridized carbons (Fsp3) is 0.650. The molecule has 26 heavy (non-hydrogen) atoms. The monoisotopic (exact) mass is 488 g/mol. The number of aliphatic imine (C=N–C) groups is 1. The molecular weight excluding hydrogens is 459 g/mol. The molecule has 0 radical (unpaired) electrons. The Kier molecular flexibility index (Phi) is 7.08. The number of nitrogens with zero attached hydrogens (tertiary/aromatic N) is 2. The molecule has 0 spiro atoms. The molecule has 0 bridgehead atoms. The van der Waals surface area contributed by atoms with E-state index in [1.807, 2.05) is 12.1 Å². The maximum atomic E-state index is 6.13. The molecule has 2 N–H and O–H groups in total. The molecule has 2 saturated carbocycles. The van der Waals surface area contributed by atoms with Crippen molar-refractivity contribution < 1.29 is 0 Å². The van der Waals surface area contributed by atoms with E-state index >= 15 is 0 Å². The lowest BCUT2D eigenvalue weighted by atomic mass is 10.1. The zero-order valence-electron chi connectivity index (χ0n) is 15.5. The number of rotatable bonds is 5. The van der Waals surface area contributed by atoms with Crippen LogP contribution in [0.15, 0.2) is 29.3 Å². The molecule has 1 saturated heterocycles.